The number of alkyl halides is 1. The number of aliphatic hydroxyl groups excluding tert-OH is 1. The van der Waals surface area contributed by atoms with Crippen molar-refractivity contribution in [1.29, 1.82) is 0 Å². The van der Waals surface area contributed by atoms with Crippen LogP contribution in [0.1, 0.15) is 16.2 Å². The van der Waals surface area contributed by atoms with E-state index >= 15 is 4.39 Å². The van der Waals surface area contributed by atoms with Gasteiger partial charge in [-0.05, 0) is 24.3 Å². The van der Waals surface area contributed by atoms with Crippen LogP contribution in [0.15, 0.2) is 65.2 Å². The number of carbonyl (C=O) groups excluding carboxylic acids is 1. The molecular formula is C19H15FN4O3. The highest BCUT2D eigenvalue weighted by Crippen LogP contribution is 2.26. The van der Waals surface area contributed by atoms with Crippen LogP contribution in [0.4, 0.5) is 4.39 Å². The Hall–Kier alpha value is -3.52. The van der Waals surface area contributed by atoms with E-state index in [9.17, 15) is 9.90 Å². The van der Waals surface area contributed by atoms with Gasteiger partial charge in [0.1, 0.15) is 6.61 Å². The van der Waals surface area contributed by atoms with Crippen molar-refractivity contribution in [2.24, 2.45) is 0 Å². The molecule has 136 valence electrons. The van der Waals surface area contributed by atoms with E-state index in [0.717, 1.165) is 10.9 Å². The lowest BCUT2D eigenvalue weighted by molar-refractivity contribution is 0.00786. The maximum atomic E-state index is 15.1. The molecule has 7 nitrogen and oxygen atoms in total. The van der Waals surface area contributed by atoms with Crippen molar-refractivity contribution in [3.05, 3.63) is 72.1 Å². The number of para-hydroxylation sites is 1. The first-order valence-corrected chi connectivity index (χ1v) is 8.19. The second kappa shape index (κ2) is 6.65. The summed E-state index contributed by atoms with van der Waals surface area (Å²) in [6.45, 7) is -1.06. The first-order valence-electron chi connectivity index (χ1n) is 8.19. The number of fused-ring (bicyclic) bond motifs is 1. The molecule has 2 heterocycles. The van der Waals surface area contributed by atoms with Crippen molar-refractivity contribution in [3.63, 3.8) is 0 Å². The predicted molar refractivity (Wildman–Crippen MR) is 95.4 cm³/mol. The molecule has 1 amide bonds. The van der Waals surface area contributed by atoms with Gasteiger partial charge in [0.15, 0.2) is 0 Å². The Labute approximate surface area is 152 Å². The summed E-state index contributed by atoms with van der Waals surface area (Å²) in [6.07, 6.45) is 0. The van der Waals surface area contributed by atoms with E-state index < -0.39 is 24.2 Å². The van der Waals surface area contributed by atoms with E-state index in [1.165, 1.54) is 12.1 Å². The summed E-state index contributed by atoms with van der Waals surface area (Å²) in [7, 11) is 0. The lowest BCUT2D eigenvalue weighted by Crippen LogP contribution is -2.45. The highest BCUT2D eigenvalue weighted by molar-refractivity contribution is 5.94. The third-order valence-corrected chi connectivity index (χ3v) is 4.10. The van der Waals surface area contributed by atoms with Gasteiger partial charge in [0.2, 0.25) is 5.82 Å². The summed E-state index contributed by atoms with van der Waals surface area (Å²) in [4.78, 5) is 19.3. The van der Waals surface area contributed by atoms with Crippen molar-refractivity contribution in [2.45, 2.75) is 5.79 Å². The maximum Gasteiger partial charge on any atom is 0.288 e. The van der Waals surface area contributed by atoms with Crippen LogP contribution in [0, 0.1) is 0 Å². The third-order valence-electron chi connectivity index (χ3n) is 4.10. The summed E-state index contributed by atoms with van der Waals surface area (Å²) in [5.74, 6) is -3.84. The van der Waals surface area contributed by atoms with Crippen molar-refractivity contribution in [1.82, 2.24) is 20.4 Å². The molecule has 0 aliphatic heterocycles. The summed E-state index contributed by atoms with van der Waals surface area (Å²) in [5, 5.41) is 16.3. The van der Waals surface area contributed by atoms with E-state index in [-0.39, 0.29) is 11.4 Å². The summed E-state index contributed by atoms with van der Waals surface area (Å²) in [5.41, 5.74) is 1.63. The van der Waals surface area contributed by atoms with Crippen LogP contribution >= 0.6 is 0 Å². The topological polar surface area (TPSA) is 104 Å². The summed E-state index contributed by atoms with van der Waals surface area (Å²) >= 11 is 0. The second-order valence-corrected chi connectivity index (χ2v) is 5.97. The van der Waals surface area contributed by atoms with E-state index in [1.54, 1.807) is 24.3 Å². The molecular weight excluding hydrogens is 351 g/mol. The van der Waals surface area contributed by atoms with E-state index in [4.69, 9.17) is 4.52 Å². The van der Waals surface area contributed by atoms with Crippen LogP contribution in [-0.4, -0.2) is 32.7 Å². The molecule has 0 unspecified atom stereocenters. The molecule has 0 saturated carbocycles. The predicted octanol–water partition coefficient (Wildman–Crippen LogP) is 2.76. The quantitative estimate of drug-likeness (QED) is 0.471. The second-order valence-electron chi connectivity index (χ2n) is 5.97. The number of hydrogen-bond donors (Lipinski definition) is 3. The summed E-state index contributed by atoms with van der Waals surface area (Å²) < 4.78 is 20.1. The molecule has 4 rings (SSSR count). The van der Waals surface area contributed by atoms with Crippen LogP contribution < -0.4 is 5.32 Å². The average molecular weight is 366 g/mol. The third kappa shape index (κ3) is 3.18. The van der Waals surface area contributed by atoms with Gasteiger partial charge in [-0.3, -0.25) is 4.79 Å². The van der Waals surface area contributed by atoms with Crippen molar-refractivity contribution >= 4 is 16.8 Å². The largest absolute Gasteiger partial charge is 0.390 e. The van der Waals surface area contributed by atoms with Crippen LogP contribution in [0.2, 0.25) is 0 Å². The number of H-pyrrole nitrogens is 1. The number of aromatic nitrogens is 3. The fraction of sp³-hybridized carbons (Fsp3) is 0.105. The van der Waals surface area contributed by atoms with Gasteiger partial charge in [-0.2, -0.15) is 4.98 Å². The molecule has 2 aromatic heterocycles. The monoisotopic (exact) mass is 366 g/mol. The molecule has 0 radical (unpaired) electrons. The van der Waals surface area contributed by atoms with E-state index in [0.29, 0.717) is 5.69 Å². The van der Waals surface area contributed by atoms with Gasteiger partial charge in [0, 0.05) is 16.5 Å². The van der Waals surface area contributed by atoms with Gasteiger partial charge in [0.05, 0.1) is 5.69 Å². The van der Waals surface area contributed by atoms with E-state index in [2.05, 4.69) is 20.4 Å². The van der Waals surface area contributed by atoms with E-state index in [1.807, 2.05) is 24.3 Å². The maximum absolute atomic E-state index is 15.1. The number of aliphatic hydroxyl groups is 1. The smallest absolute Gasteiger partial charge is 0.288 e. The minimum absolute atomic E-state index is 0.116. The molecule has 0 bridgehead atoms. The molecule has 27 heavy (non-hydrogen) atoms. The fourth-order valence-corrected chi connectivity index (χ4v) is 2.69. The average Bonchev–Trinajstić information content (AvgIpc) is 3.35. The van der Waals surface area contributed by atoms with Crippen molar-refractivity contribution < 1.29 is 18.8 Å². The van der Waals surface area contributed by atoms with Crippen LogP contribution in [0.25, 0.3) is 22.4 Å². The molecule has 0 spiro atoms. The first kappa shape index (κ1) is 16.9. The van der Waals surface area contributed by atoms with Crippen LogP contribution in [0.5, 0.6) is 0 Å². The zero-order valence-corrected chi connectivity index (χ0v) is 14.0. The molecule has 2 aromatic carbocycles. The van der Waals surface area contributed by atoms with Gasteiger partial charge in [-0.1, -0.05) is 41.6 Å². The number of amides is 1. The number of benzene rings is 2. The normalized spacial score (nSPS) is 13.4. The number of nitrogens with zero attached hydrogens (tertiary/aromatic N) is 2. The highest BCUT2D eigenvalue weighted by Gasteiger charge is 2.40. The Balaban J connectivity index is 1.62. The lowest BCUT2D eigenvalue weighted by atomic mass is 10.2. The van der Waals surface area contributed by atoms with Crippen LogP contribution in [0.3, 0.4) is 0 Å². The number of halogens is 1. The van der Waals surface area contributed by atoms with Gasteiger partial charge in [0.25, 0.3) is 17.6 Å². The molecule has 0 saturated heterocycles. The van der Waals surface area contributed by atoms with Gasteiger partial charge in [-0.15, -0.1) is 0 Å². The molecule has 1 atom stereocenters. The molecule has 0 fully saturated rings. The van der Waals surface area contributed by atoms with Crippen molar-refractivity contribution in [2.75, 3.05) is 6.61 Å². The Morgan fingerprint density at radius 2 is 1.93 bits per heavy atom. The molecule has 4 aromatic rings. The zero-order chi connectivity index (χ0) is 18.9. The number of aromatic amines is 1. The Kier molecular flexibility index (Phi) is 4.17. The minimum atomic E-state index is -2.70. The molecule has 3 N–H and O–H groups in total. The number of nitrogens with one attached hydrogen (secondary N) is 2. The van der Waals surface area contributed by atoms with Crippen LogP contribution in [-0.2, 0) is 5.79 Å². The SMILES string of the molecule is O=C(N[C@](F)(CO)c1nc(-c2cc3ccccc3[nH]2)no1)c1ccccc1. The van der Waals surface area contributed by atoms with Gasteiger partial charge >= 0.3 is 0 Å². The Bertz CT molecular complexity index is 1060. The Morgan fingerprint density at radius 3 is 2.67 bits per heavy atom. The Morgan fingerprint density at radius 1 is 1.19 bits per heavy atom. The first-order chi connectivity index (χ1) is 13.1. The van der Waals surface area contributed by atoms with Gasteiger partial charge in [-0.25, -0.2) is 4.39 Å². The fourth-order valence-electron chi connectivity index (χ4n) is 2.69. The number of carbonyl (C=O) groups is 1. The minimum Gasteiger partial charge on any atom is -0.390 e. The van der Waals surface area contributed by atoms with Gasteiger partial charge < -0.3 is 19.9 Å². The lowest BCUT2D eigenvalue weighted by Gasteiger charge is -2.20. The molecule has 0 aliphatic carbocycles. The number of hydrogen-bond acceptors (Lipinski definition) is 5. The molecule has 0 aliphatic rings. The summed E-state index contributed by atoms with van der Waals surface area (Å²) in [6, 6.07) is 17.4. The molecule has 8 heteroatoms. The highest BCUT2D eigenvalue weighted by atomic mass is 19.1. The number of rotatable bonds is 5. The van der Waals surface area contributed by atoms with Crippen molar-refractivity contribution in [3.8, 4) is 11.5 Å². The standard InChI is InChI=1S/C19H15FN4O3/c20-19(11-25,23-17(26)12-6-2-1-3-7-12)18-22-16(24-27-18)15-10-13-8-4-5-9-14(13)21-15/h1-10,21,25H,11H2,(H,23,26)/t19-/m1/s1. The zero-order valence-electron chi connectivity index (χ0n) is 14.0.